The van der Waals surface area contributed by atoms with Crippen molar-refractivity contribution in [3.63, 3.8) is 0 Å². The van der Waals surface area contributed by atoms with Crippen molar-refractivity contribution < 1.29 is 47.9 Å². The van der Waals surface area contributed by atoms with Crippen LogP contribution in [0.15, 0.2) is 18.2 Å². The van der Waals surface area contributed by atoms with Gasteiger partial charge < -0.3 is 33.5 Å². The predicted octanol–water partition coefficient (Wildman–Crippen LogP) is 5.06. The van der Waals surface area contributed by atoms with Gasteiger partial charge in [0.15, 0.2) is 5.92 Å². The second kappa shape index (κ2) is 11.3. The van der Waals surface area contributed by atoms with Crippen molar-refractivity contribution in [3.8, 4) is 28.7 Å². The minimum atomic E-state index is -1.36. The zero-order valence-corrected chi connectivity index (χ0v) is 24.6. The van der Waals surface area contributed by atoms with Crippen molar-refractivity contribution in [2.24, 2.45) is 11.3 Å². The monoisotopic (exact) mass is 568 g/mol. The minimum absolute atomic E-state index is 0.172. The van der Waals surface area contributed by atoms with E-state index in [4.69, 9.17) is 28.4 Å². The molecule has 0 saturated heterocycles. The van der Waals surface area contributed by atoms with Gasteiger partial charge in [0.05, 0.1) is 57.1 Å². The molecule has 1 aliphatic carbocycles. The Morgan fingerprint density at radius 3 is 2.02 bits per heavy atom. The van der Waals surface area contributed by atoms with Crippen LogP contribution in [0.3, 0.4) is 0 Å². The molecule has 0 amide bonds. The largest absolute Gasteiger partial charge is 0.507 e. The van der Waals surface area contributed by atoms with E-state index in [0.717, 1.165) is 0 Å². The predicted molar refractivity (Wildman–Crippen MR) is 151 cm³/mol. The Kier molecular flexibility index (Phi) is 8.24. The number of hydrogen-bond donors (Lipinski definition) is 1. The number of aromatic hydroxyl groups is 1. The number of ether oxygens (including phenoxy) is 6. The molecule has 0 radical (unpaired) electrons. The maximum Gasteiger partial charge on any atom is 0.320 e. The molecule has 0 bridgehead atoms. The van der Waals surface area contributed by atoms with Crippen molar-refractivity contribution in [1.29, 1.82) is 0 Å². The van der Waals surface area contributed by atoms with Gasteiger partial charge in [0.25, 0.3) is 0 Å². The van der Waals surface area contributed by atoms with Crippen LogP contribution in [0.2, 0.25) is 0 Å². The molecule has 4 rings (SSSR count). The highest BCUT2D eigenvalue weighted by molar-refractivity contribution is 6.18. The zero-order chi connectivity index (χ0) is 30.2. The maximum atomic E-state index is 13.4. The van der Waals surface area contributed by atoms with E-state index in [0.29, 0.717) is 52.5 Å². The molecule has 0 fully saturated rings. The number of fused-ring (bicyclic) bond motifs is 3. The summed E-state index contributed by atoms with van der Waals surface area (Å²) in [5.74, 6) is -3.31. The van der Waals surface area contributed by atoms with Gasteiger partial charge in [-0.25, -0.2) is 0 Å². The first kappa shape index (κ1) is 29.8. The number of carbonyl (C=O) groups is 3. The molecule has 0 spiro atoms. The van der Waals surface area contributed by atoms with Crippen LogP contribution in [0.5, 0.6) is 28.7 Å². The fourth-order valence-corrected chi connectivity index (χ4v) is 5.68. The molecule has 1 unspecified atom stereocenters. The first-order chi connectivity index (χ1) is 19.5. The van der Waals surface area contributed by atoms with Crippen LogP contribution in [-0.4, -0.2) is 58.6 Å². The second-order valence-electron chi connectivity index (χ2n) is 10.9. The maximum absolute atomic E-state index is 13.4. The van der Waals surface area contributed by atoms with Crippen LogP contribution in [0, 0.1) is 11.3 Å². The van der Waals surface area contributed by atoms with Crippen LogP contribution in [0.1, 0.15) is 50.7 Å². The van der Waals surface area contributed by atoms with Crippen LogP contribution in [0.25, 0.3) is 21.5 Å². The lowest BCUT2D eigenvalue weighted by molar-refractivity contribution is -0.160. The molecule has 0 aromatic heterocycles. The van der Waals surface area contributed by atoms with E-state index in [1.807, 2.05) is 6.07 Å². The second-order valence-corrected chi connectivity index (χ2v) is 10.9. The third-order valence-electron chi connectivity index (χ3n) is 7.58. The first-order valence-electron chi connectivity index (χ1n) is 13.3. The van der Waals surface area contributed by atoms with Gasteiger partial charge in [-0.3, -0.25) is 14.4 Å². The molecule has 3 aromatic carbocycles. The Hall–Kier alpha value is -4.21. The first-order valence-corrected chi connectivity index (χ1v) is 13.3. The topological polar surface area (TPSA) is 127 Å². The molecule has 10 nitrogen and oxygen atoms in total. The Morgan fingerprint density at radius 1 is 0.854 bits per heavy atom. The molecule has 0 aliphatic heterocycles. The van der Waals surface area contributed by atoms with Gasteiger partial charge >= 0.3 is 17.9 Å². The molecule has 220 valence electrons. The van der Waals surface area contributed by atoms with Crippen LogP contribution in [-0.2, 0) is 30.3 Å². The summed E-state index contributed by atoms with van der Waals surface area (Å²) in [6.45, 7) is 5.20. The summed E-state index contributed by atoms with van der Waals surface area (Å²) >= 11 is 0. The van der Waals surface area contributed by atoms with Gasteiger partial charge in [0.1, 0.15) is 28.7 Å². The number of esters is 3. The summed E-state index contributed by atoms with van der Waals surface area (Å²) in [4.78, 5) is 39.2. The SMILES string of the molecule is COC(=O)C(C(=O)OC)C1CCCc2c1c(O)c1c(OC)c3c(OC)cccc3c(OC)c1c2OC(=O)C(C)(C)C. The number of benzene rings is 3. The van der Waals surface area contributed by atoms with Crippen LogP contribution >= 0.6 is 0 Å². The third kappa shape index (κ3) is 4.85. The van der Waals surface area contributed by atoms with Crippen LogP contribution < -0.4 is 18.9 Å². The highest BCUT2D eigenvalue weighted by Gasteiger charge is 2.44. The van der Waals surface area contributed by atoms with E-state index >= 15 is 0 Å². The Labute approximate surface area is 238 Å². The number of methoxy groups -OCH3 is 5. The van der Waals surface area contributed by atoms with Crippen molar-refractivity contribution in [2.45, 2.75) is 46.0 Å². The zero-order valence-electron chi connectivity index (χ0n) is 24.6. The minimum Gasteiger partial charge on any atom is -0.507 e. The average molecular weight is 569 g/mol. The van der Waals surface area contributed by atoms with E-state index in [2.05, 4.69) is 0 Å². The number of carbonyl (C=O) groups excluding carboxylic acids is 3. The van der Waals surface area contributed by atoms with Gasteiger partial charge in [-0.2, -0.15) is 0 Å². The number of phenols is 1. The van der Waals surface area contributed by atoms with E-state index in [-0.39, 0.29) is 28.2 Å². The summed E-state index contributed by atoms with van der Waals surface area (Å²) in [5, 5.41) is 13.7. The molecule has 41 heavy (non-hydrogen) atoms. The third-order valence-corrected chi connectivity index (χ3v) is 7.58. The smallest absolute Gasteiger partial charge is 0.320 e. The van der Waals surface area contributed by atoms with Crippen molar-refractivity contribution in [2.75, 3.05) is 35.5 Å². The van der Waals surface area contributed by atoms with Crippen molar-refractivity contribution in [3.05, 3.63) is 29.3 Å². The van der Waals surface area contributed by atoms with E-state index in [1.165, 1.54) is 35.5 Å². The standard InChI is InChI=1S/C31H36O10/c1-31(2,3)30(35)41-26-16-12-9-11-15(21(28(33)39-7)29(34)40-8)19(16)24(32)22-23(26)25(37-5)17-13-10-14-18(36-4)20(17)27(22)38-6/h10,13-15,21,32H,9,11-12H2,1-8H3. The molecular weight excluding hydrogens is 532 g/mol. The summed E-state index contributed by atoms with van der Waals surface area (Å²) < 4.78 is 33.5. The Balaban J connectivity index is 2.27. The van der Waals surface area contributed by atoms with Crippen LogP contribution in [0.4, 0.5) is 0 Å². The van der Waals surface area contributed by atoms with Gasteiger partial charge in [0.2, 0.25) is 0 Å². The fourth-order valence-electron chi connectivity index (χ4n) is 5.68. The molecule has 1 atom stereocenters. The lowest BCUT2D eigenvalue weighted by Crippen LogP contribution is -2.34. The van der Waals surface area contributed by atoms with E-state index in [9.17, 15) is 19.5 Å². The highest BCUT2D eigenvalue weighted by Crippen LogP contribution is 2.58. The summed E-state index contributed by atoms with van der Waals surface area (Å²) in [7, 11) is 6.83. The van der Waals surface area contributed by atoms with Crippen molar-refractivity contribution >= 4 is 39.5 Å². The van der Waals surface area contributed by atoms with Gasteiger partial charge in [0, 0.05) is 22.4 Å². The number of rotatable bonds is 7. The van der Waals surface area contributed by atoms with Gasteiger partial charge in [-0.15, -0.1) is 0 Å². The molecule has 10 heteroatoms. The molecule has 0 heterocycles. The molecule has 0 saturated carbocycles. The molecule has 3 aromatic rings. The van der Waals surface area contributed by atoms with Gasteiger partial charge in [-0.05, 0) is 46.1 Å². The lowest BCUT2D eigenvalue weighted by atomic mass is 9.73. The number of phenolic OH excluding ortho intramolecular Hbond substituents is 1. The Morgan fingerprint density at radius 2 is 1.49 bits per heavy atom. The quantitative estimate of drug-likeness (QED) is 0.179. The van der Waals surface area contributed by atoms with Gasteiger partial charge in [-0.1, -0.05) is 12.1 Å². The van der Waals surface area contributed by atoms with E-state index < -0.39 is 35.2 Å². The Bertz CT molecular complexity index is 1520. The summed E-state index contributed by atoms with van der Waals surface area (Å²) in [6.07, 6.45) is 1.30. The summed E-state index contributed by atoms with van der Waals surface area (Å²) in [5.41, 5.74) is -0.0940. The fraction of sp³-hybridized carbons (Fsp3) is 0.452. The highest BCUT2D eigenvalue weighted by atomic mass is 16.5. The average Bonchev–Trinajstić information content (AvgIpc) is 2.96. The molecule has 1 aliphatic rings. The lowest BCUT2D eigenvalue weighted by Gasteiger charge is -2.33. The van der Waals surface area contributed by atoms with E-state index in [1.54, 1.807) is 32.9 Å². The van der Waals surface area contributed by atoms with Crippen molar-refractivity contribution in [1.82, 2.24) is 0 Å². The normalized spacial score (nSPS) is 14.9. The number of hydrogen-bond acceptors (Lipinski definition) is 10. The molecule has 1 N–H and O–H groups in total. The molecular formula is C31H36O10. The summed E-state index contributed by atoms with van der Waals surface area (Å²) in [6, 6.07) is 5.36.